The van der Waals surface area contributed by atoms with Gasteiger partial charge in [0.25, 0.3) is 5.91 Å². The highest BCUT2D eigenvalue weighted by Gasteiger charge is 2.28. The number of likely N-dealkylation sites (N-methyl/N-ethyl adjacent to an activating group) is 1. The second kappa shape index (κ2) is 8.28. The molecular weight excluding hydrogens is 405 g/mol. The highest BCUT2D eigenvalue weighted by atomic mass is 19.1. The Kier molecular flexibility index (Phi) is 5.31. The van der Waals surface area contributed by atoms with Gasteiger partial charge in [0.1, 0.15) is 11.6 Å². The number of halogens is 1. The van der Waals surface area contributed by atoms with Crippen LogP contribution >= 0.6 is 0 Å². The molecule has 1 saturated heterocycles. The van der Waals surface area contributed by atoms with E-state index in [0.29, 0.717) is 17.7 Å². The van der Waals surface area contributed by atoms with Crippen molar-refractivity contribution in [1.29, 1.82) is 0 Å². The number of nitrogens with zero attached hydrogens (tertiary/aromatic N) is 3. The van der Waals surface area contributed by atoms with Crippen LogP contribution < -0.4 is 4.90 Å². The lowest BCUT2D eigenvalue weighted by molar-refractivity contribution is 0.0765. The fourth-order valence-corrected chi connectivity index (χ4v) is 4.48. The van der Waals surface area contributed by atoms with E-state index in [1.165, 1.54) is 23.9 Å². The van der Waals surface area contributed by atoms with Gasteiger partial charge in [0.15, 0.2) is 0 Å². The number of benzene rings is 3. The van der Waals surface area contributed by atoms with Crippen molar-refractivity contribution in [3.63, 3.8) is 0 Å². The number of hydrogen-bond acceptors (Lipinski definition) is 4. The summed E-state index contributed by atoms with van der Waals surface area (Å²) >= 11 is 0. The number of phenols is 1. The smallest absolute Gasteiger partial charge is 0.254 e. The van der Waals surface area contributed by atoms with Gasteiger partial charge in [0.05, 0.1) is 6.54 Å². The summed E-state index contributed by atoms with van der Waals surface area (Å²) < 4.78 is 13.6. The number of hydrogen-bond donors (Lipinski definition) is 1. The minimum Gasteiger partial charge on any atom is -0.508 e. The van der Waals surface area contributed by atoms with Gasteiger partial charge in [-0.3, -0.25) is 4.79 Å². The Bertz CT molecular complexity index is 1150. The molecule has 0 aromatic heterocycles. The number of carbonyl (C=O) groups excluding carboxylic acids is 1. The molecule has 0 unspecified atom stereocenters. The molecule has 5 rings (SSSR count). The number of carbonyl (C=O) groups is 1. The minimum absolute atomic E-state index is 0.00344. The summed E-state index contributed by atoms with van der Waals surface area (Å²) in [5, 5.41) is 10.0. The Balaban J connectivity index is 1.33. The third-order valence-electron chi connectivity index (χ3n) is 6.46. The first-order valence-corrected chi connectivity index (χ1v) is 10.9. The molecule has 1 N–H and O–H groups in total. The molecule has 1 amide bonds. The largest absolute Gasteiger partial charge is 0.508 e. The van der Waals surface area contributed by atoms with Crippen LogP contribution in [-0.2, 0) is 13.1 Å². The monoisotopic (exact) mass is 431 g/mol. The molecule has 0 radical (unpaired) electrons. The molecule has 0 atom stereocenters. The Morgan fingerprint density at radius 3 is 2.38 bits per heavy atom. The molecule has 0 bridgehead atoms. The zero-order chi connectivity index (χ0) is 22.2. The lowest BCUT2D eigenvalue weighted by Gasteiger charge is -2.34. The van der Waals surface area contributed by atoms with Gasteiger partial charge >= 0.3 is 0 Å². The first-order chi connectivity index (χ1) is 15.5. The topological polar surface area (TPSA) is 47.0 Å². The van der Waals surface area contributed by atoms with Gasteiger partial charge in [-0.15, -0.1) is 0 Å². The van der Waals surface area contributed by atoms with Crippen LogP contribution in [0.4, 0.5) is 10.1 Å². The highest BCUT2D eigenvalue weighted by Crippen LogP contribution is 2.31. The number of rotatable bonds is 4. The van der Waals surface area contributed by atoms with E-state index in [-0.39, 0.29) is 18.2 Å². The number of aromatic hydroxyl groups is 1. The van der Waals surface area contributed by atoms with Crippen molar-refractivity contribution in [1.82, 2.24) is 9.80 Å². The number of phenolic OH excluding ortho intramolecular Hbond substituents is 1. The number of fused-ring (bicyclic) bond motifs is 1. The van der Waals surface area contributed by atoms with Crippen LogP contribution in [-0.4, -0.2) is 54.0 Å². The maximum Gasteiger partial charge on any atom is 0.254 e. The molecule has 2 aliphatic rings. The van der Waals surface area contributed by atoms with E-state index < -0.39 is 5.82 Å². The Morgan fingerprint density at radius 2 is 1.62 bits per heavy atom. The van der Waals surface area contributed by atoms with Crippen LogP contribution in [0, 0.1) is 5.82 Å². The predicted octanol–water partition coefficient (Wildman–Crippen LogP) is 4.11. The van der Waals surface area contributed by atoms with E-state index in [9.17, 15) is 14.3 Å². The van der Waals surface area contributed by atoms with Crippen molar-refractivity contribution in [3.8, 4) is 16.9 Å². The fourth-order valence-electron chi connectivity index (χ4n) is 4.48. The van der Waals surface area contributed by atoms with Crippen LogP contribution in [0.2, 0.25) is 0 Å². The molecule has 2 aliphatic heterocycles. The summed E-state index contributed by atoms with van der Waals surface area (Å²) in [6.45, 7) is 4.82. The lowest BCUT2D eigenvalue weighted by atomic mass is 10.00. The van der Waals surface area contributed by atoms with E-state index in [4.69, 9.17) is 0 Å². The van der Waals surface area contributed by atoms with E-state index in [2.05, 4.69) is 41.1 Å². The molecular formula is C26H26FN3O2. The van der Waals surface area contributed by atoms with Gasteiger partial charge in [0, 0.05) is 49.5 Å². The average Bonchev–Trinajstić information content (AvgIpc) is 3.11. The Hall–Kier alpha value is -3.38. The maximum atomic E-state index is 13.6. The Morgan fingerprint density at radius 1 is 0.906 bits per heavy atom. The molecule has 1 fully saturated rings. The molecule has 164 valence electrons. The van der Waals surface area contributed by atoms with E-state index in [1.807, 2.05) is 18.2 Å². The van der Waals surface area contributed by atoms with Crippen LogP contribution in [0.1, 0.15) is 21.5 Å². The molecule has 3 aromatic carbocycles. The molecule has 6 heteroatoms. The summed E-state index contributed by atoms with van der Waals surface area (Å²) in [6, 6.07) is 18.3. The van der Waals surface area contributed by atoms with Crippen molar-refractivity contribution in [2.24, 2.45) is 0 Å². The van der Waals surface area contributed by atoms with Crippen LogP contribution in [0.25, 0.3) is 11.1 Å². The summed E-state index contributed by atoms with van der Waals surface area (Å²) in [5.74, 6) is -0.528. The average molecular weight is 432 g/mol. The Labute approximate surface area is 187 Å². The van der Waals surface area contributed by atoms with E-state index in [0.717, 1.165) is 42.9 Å². The van der Waals surface area contributed by atoms with E-state index in [1.54, 1.807) is 4.90 Å². The molecule has 32 heavy (non-hydrogen) atoms. The zero-order valence-electron chi connectivity index (χ0n) is 18.1. The number of piperazine rings is 1. The van der Waals surface area contributed by atoms with Gasteiger partial charge in [-0.1, -0.05) is 24.3 Å². The predicted molar refractivity (Wildman–Crippen MR) is 123 cm³/mol. The van der Waals surface area contributed by atoms with Gasteiger partial charge in [0.2, 0.25) is 0 Å². The second-order valence-corrected chi connectivity index (χ2v) is 8.64. The second-order valence-electron chi connectivity index (χ2n) is 8.64. The standard InChI is InChI=1S/C26H26FN3O2/c1-28-10-12-29(13-11-28)23-7-4-18(5-8-23)19-2-3-20-16-30(26(32)24(20)15-19)17-21-14-22(27)6-9-25(21)31/h2-9,14-15,31H,10-13,16-17H2,1H3. The quantitative estimate of drug-likeness (QED) is 0.676. The molecule has 0 saturated carbocycles. The van der Waals surface area contributed by atoms with Crippen molar-refractivity contribution in [2.45, 2.75) is 13.1 Å². The van der Waals surface area contributed by atoms with Crippen molar-refractivity contribution >= 4 is 11.6 Å². The third-order valence-corrected chi connectivity index (χ3v) is 6.46. The van der Waals surface area contributed by atoms with Crippen molar-refractivity contribution in [3.05, 3.63) is 83.2 Å². The third kappa shape index (κ3) is 3.94. The van der Waals surface area contributed by atoms with Crippen molar-refractivity contribution in [2.75, 3.05) is 38.1 Å². The first-order valence-electron chi connectivity index (χ1n) is 10.9. The molecule has 0 aliphatic carbocycles. The summed E-state index contributed by atoms with van der Waals surface area (Å²) in [5.41, 5.74) is 5.31. The van der Waals surface area contributed by atoms with Gasteiger partial charge in [-0.25, -0.2) is 4.39 Å². The highest BCUT2D eigenvalue weighted by molar-refractivity contribution is 5.99. The molecule has 2 heterocycles. The molecule has 0 spiro atoms. The van der Waals surface area contributed by atoms with Crippen LogP contribution in [0.5, 0.6) is 5.75 Å². The van der Waals surface area contributed by atoms with Gasteiger partial charge in [-0.2, -0.15) is 0 Å². The van der Waals surface area contributed by atoms with Gasteiger partial charge < -0.3 is 19.8 Å². The number of anilines is 1. The van der Waals surface area contributed by atoms with Crippen molar-refractivity contribution < 1.29 is 14.3 Å². The molecule has 5 nitrogen and oxygen atoms in total. The van der Waals surface area contributed by atoms with Crippen LogP contribution in [0.3, 0.4) is 0 Å². The minimum atomic E-state index is -0.427. The number of amides is 1. The lowest BCUT2D eigenvalue weighted by Crippen LogP contribution is -2.44. The maximum absolute atomic E-state index is 13.6. The van der Waals surface area contributed by atoms with E-state index >= 15 is 0 Å². The summed E-state index contributed by atoms with van der Waals surface area (Å²) in [4.78, 5) is 19.4. The SMILES string of the molecule is CN1CCN(c2ccc(-c3ccc4c(c3)C(=O)N(Cc3cc(F)ccc3O)C4)cc2)CC1. The first kappa shape index (κ1) is 20.5. The fraction of sp³-hybridized carbons (Fsp3) is 0.269. The normalized spacial score (nSPS) is 16.5. The molecule has 3 aromatic rings. The summed E-state index contributed by atoms with van der Waals surface area (Å²) in [6.07, 6.45) is 0. The van der Waals surface area contributed by atoms with Gasteiger partial charge in [-0.05, 0) is 60.1 Å². The zero-order valence-corrected chi connectivity index (χ0v) is 18.1. The van der Waals surface area contributed by atoms with Crippen LogP contribution in [0.15, 0.2) is 60.7 Å². The summed E-state index contributed by atoms with van der Waals surface area (Å²) in [7, 11) is 2.15.